The Morgan fingerprint density at radius 1 is 1.60 bits per heavy atom. The Labute approximate surface area is 117 Å². The van der Waals surface area contributed by atoms with Crippen LogP contribution in [-0.4, -0.2) is 33.3 Å². The Kier molecular flexibility index (Phi) is 3.31. The minimum absolute atomic E-state index is 0.0136. The van der Waals surface area contributed by atoms with Crippen molar-refractivity contribution in [1.29, 1.82) is 0 Å². The molecule has 6 nitrogen and oxygen atoms in total. The van der Waals surface area contributed by atoms with Crippen LogP contribution in [0.15, 0.2) is 24.7 Å². The molecule has 0 spiro atoms. The number of rotatable bonds is 3. The molecule has 1 saturated heterocycles. The van der Waals surface area contributed by atoms with E-state index in [2.05, 4.69) is 15.4 Å². The number of nitrogens with zero attached hydrogens (tertiary/aromatic N) is 2. The van der Waals surface area contributed by atoms with E-state index in [9.17, 15) is 4.79 Å². The van der Waals surface area contributed by atoms with Gasteiger partial charge in [-0.3, -0.25) is 9.48 Å². The molecule has 1 aliphatic heterocycles. The molecular formula is C14H18N4O2. The molecule has 1 fully saturated rings. The van der Waals surface area contributed by atoms with Gasteiger partial charge in [0.25, 0.3) is 5.91 Å². The van der Waals surface area contributed by atoms with Gasteiger partial charge in [-0.15, -0.1) is 0 Å². The van der Waals surface area contributed by atoms with Crippen LogP contribution in [0.2, 0.25) is 0 Å². The van der Waals surface area contributed by atoms with Gasteiger partial charge in [-0.2, -0.15) is 5.10 Å². The van der Waals surface area contributed by atoms with Crippen molar-refractivity contribution in [3.8, 4) is 0 Å². The van der Waals surface area contributed by atoms with Crippen molar-refractivity contribution in [3.05, 3.63) is 41.5 Å². The van der Waals surface area contributed by atoms with Gasteiger partial charge >= 0.3 is 0 Å². The molecule has 0 bridgehead atoms. The smallest absolute Gasteiger partial charge is 0.253 e. The monoisotopic (exact) mass is 274 g/mol. The second-order valence-electron chi connectivity index (χ2n) is 5.07. The Morgan fingerprint density at radius 2 is 2.45 bits per heavy atom. The largest absolute Gasteiger partial charge is 0.371 e. The van der Waals surface area contributed by atoms with Crippen LogP contribution < -0.4 is 5.32 Å². The minimum Gasteiger partial charge on any atom is -0.371 e. The summed E-state index contributed by atoms with van der Waals surface area (Å²) < 4.78 is 7.61. The lowest BCUT2D eigenvalue weighted by Crippen LogP contribution is -2.36. The van der Waals surface area contributed by atoms with E-state index in [-0.39, 0.29) is 18.1 Å². The van der Waals surface area contributed by atoms with Crippen LogP contribution in [-0.2, 0) is 11.8 Å². The maximum absolute atomic E-state index is 12.1. The molecule has 0 radical (unpaired) electrons. The third-order valence-electron chi connectivity index (χ3n) is 3.85. The van der Waals surface area contributed by atoms with Crippen molar-refractivity contribution in [2.24, 2.45) is 7.05 Å². The standard InChI is InChI=1S/C14H18N4O2/c1-9-11(8-16-18(9)2)13-12(4-6-20-13)17-14(19)10-3-5-15-7-10/h3,5,7-8,12-13,15H,4,6H2,1-2H3,(H,17,19)/t12-,13+/m0/s1. The molecule has 106 valence electrons. The number of aromatic nitrogens is 3. The van der Waals surface area contributed by atoms with E-state index in [4.69, 9.17) is 4.74 Å². The first-order valence-corrected chi connectivity index (χ1v) is 6.70. The van der Waals surface area contributed by atoms with Gasteiger partial charge in [0.05, 0.1) is 17.8 Å². The summed E-state index contributed by atoms with van der Waals surface area (Å²) >= 11 is 0. The van der Waals surface area contributed by atoms with Crippen LogP contribution in [0.4, 0.5) is 0 Å². The first-order chi connectivity index (χ1) is 9.66. The SMILES string of the molecule is Cc1c([C@H]2OCC[C@@H]2NC(=O)c2cc[nH]c2)cnn1C. The van der Waals surface area contributed by atoms with Gasteiger partial charge in [0.15, 0.2) is 0 Å². The number of hydrogen-bond acceptors (Lipinski definition) is 3. The number of H-pyrrole nitrogens is 1. The van der Waals surface area contributed by atoms with E-state index in [0.717, 1.165) is 17.7 Å². The summed E-state index contributed by atoms with van der Waals surface area (Å²) in [7, 11) is 1.90. The predicted octanol–water partition coefficient (Wildman–Crippen LogP) is 1.32. The number of carbonyl (C=O) groups is 1. The number of carbonyl (C=O) groups excluding carboxylic acids is 1. The van der Waals surface area contributed by atoms with Gasteiger partial charge in [0.2, 0.25) is 0 Å². The summed E-state index contributed by atoms with van der Waals surface area (Å²) in [6.45, 7) is 2.66. The molecule has 3 heterocycles. The molecule has 1 aliphatic rings. The fourth-order valence-electron chi connectivity index (χ4n) is 2.56. The zero-order valence-electron chi connectivity index (χ0n) is 11.6. The van der Waals surface area contributed by atoms with Crippen LogP contribution in [0.1, 0.15) is 34.1 Å². The quantitative estimate of drug-likeness (QED) is 0.886. The first-order valence-electron chi connectivity index (χ1n) is 6.70. The van der Waals surface area contributed by atoms with Gasteiger partial charge in [0, 0.05) is 37.3 Å². The van der Waals surface area contributed by atoms with Crippen molar-refractivity contribution >= 4 is 5.91 Å². The average Bonchev–Trinajstić information content (AvgIpc) is 3.13. The number of nitrogens with one attached hydrogen (secondary N) is 2. The lowest BCUT2D eigenvalue weighted by atomic mass is 10.0. The minimum atomic E-state index is -0.119. The first kappa shape index (κ1) is 12.9. The zero-order chi connectivity index (χ0) is 14.1. The Balaban J connectivity index is 1.76. The van der Waals surface area contributed by atoms with E-state index in [1.165, 1.54) is 0 Å². The molecule has 0 aliphatic carbocycles. The van der Waals surface area contributed by atoms with Crippen molar-refractivity contribution in [1.82, 2.24) is 20.1 Å². The van der Waals surface area contributed by atoms with Gasteiger partial charge in [-0.1, -0.05) is 0 Å². The summed E-state index contributed by atoms with van der Waals surface area (Å²) in [6, 6.07) is 1.75. The van der Waals surface area contributed by atoms with Crippen LogP contribution in [0.3, 0.4) is 0 Å². The van der Waals surface area contributed by atoms with Crippen LogP contribution in [0.25, 0.3) is 0 Å². The van der Waals surface area contributed by atoms with E-state index in [0.29, 0.717) is 12.2 Å². The topological polar surface area (TPSA) is 71.9 Å². The van der Waals surface area contributed by atoms with Gasteiger partial charge in [-0.05, 0) is 19.4 Å². The number of aryl methyl sites for hydroxylation is 1. The molecule has 6 heteroatoms. The predicted molar refractivity (Wildman–Crippen MR) is 73.3 cm³/mol. The summed E-state index contributed by atoms with van der Waals surface area (Å²) in [5, 5.41) is 7.29. The molecular weight excluding hydrogens is 256 g/mol. The Morgan fingerprint density at radius 3 is 3.10 bits per heavy atom. The fraction of sp³-hybridized carbons (Fsp3) is 0.429. The zero-order valence-corrected chi connectivity index (χ0v) is 11.6. The molecule has 20 heavy (non-hydrogen) atoms. The third kappa shape index (κ3) is 2.22. The fourth-order valence-corrected chi connectivity index (χ4v) is 2.56. The molecule has 2 N–H and O–H groups in total. The summed E-state index contributed by atoms with van der Waals surface area (Å²) in [5.41, 5.74) is 2.75. The summed E-state index contributed by atoms with van der Waals surface area (Å²) in [6.07, 6.45) is 5.94. The number of ether oxygens (including phenoxy) is 1. The average molecular weight is 274 g/mol. The molecule has 2 aromatic heterocycles. The van der Waals surface area contributed by atoms with Crippen LogP contribution in [0.5, 0.6) is 0 Å². The van der Waals surface area contributed by atoms with Gasteiger partial charge in [-0.25, -0.2) is 0 Å². The van der Waals surface area contributed by atoms with Crippen LogP contribution in [0, 0.1) is 6.92 Å². The third-order valence-corrected chi connectivity index (χ3v) is 3.85. The highest BCUT2D eigenvalue weighted by Crippen LogP contribution is 2.31. The number of amides is 1. The van der Waals surface area contributed by atoms with Gasteiger partial charge in [0.1, 0.15) is 6.10 Å². The maximum atomic E-state index is 12.1. The number of aromatic amines is 1. The van der Waals surface area contributed by atoms with E-state index >= 15 is 0 Å². The Bertz CT molecular complexity index is 603. The van der Waals surface area contributed by atoms with Crippen LogP contribution >= 0.6 is 0 Å². The van der Waals surface area contributed by atoms with E-state index in [1.807, 2.05) is 24.9 Å². The lowest BCUT2D eigenvalue weighted by Gasteiger charge is -2.19. The van der Waals surface area contributed by atoms with Crippen molar-refractivity contribution in [2.45, 2.75) is 25.5 Å². The molecule has 0 unspecified atom stereocenters. The molecule has 0 aromatic carbocycles. The van der Waals surface area contributed by atoms with E-state index < -0.39 is 0 Å². The van der Waals surface area contributed by atoms with Gasteiger partial charge < -0.3 is 15.0 Å². The highest BCUT2D eigenvalue weighted by atomic mass is 16.5. The molecule has 0 saturated carbocycles. The highest BCUT2D eigenvalue weighted by molar-refractivity contribution is 5.94. The Hall–Kier alpha value is -2.08. The van der Waals surface area contributed by atoms with Crippen molar-refractivity contribution < 1.29 is 9.53 Å². The second-order valence-corrected chi connectivity index (χ2v) is 5.07. The molecule has 2 atom stereocenters. The van der Waals surface area contributed by atoms with Crippen molar-refractivity contribution in [2.75, 3.05) is 6.61 Å². The number of hydrogen-bond donors (Lipinski definition) is 2. The highest BCUT2D eigenvalue weighted by Gasteiger charge is 2.33. The maximum Gasteiger partial charge on any atom is 0.253 e. The van der Waals surface area contributed by atoms with Crippen molar-refractivity contribution in [3.63, 3.8) is 0 Å². The summed E-state index contributed by atoms with van der Waals surface area (Å²) in [4.78, 5) is 15.0. The normalized spacial score (nSPS) is 22.1. The second kappa shape index (κ2) is 5.13. The van der Waals surface area contributed by atoms with E-state index in [1.54, 1.807) is 18.5 Å². The summed E-state index contributed by atoms with van der Waals surface area (Å²) in [5.74, 6) is -0.0757. The molecule has 1 amide bonds. The molecule has 2 aromatic rings. The molecule has 3 rings (SSSR count). The lowest BCUT2D eigenvalue weighted by molar-refractivity contribution is 0.0819.